The molecule has 1 aromatic heterocycles. The molecule has 26 heavy (non-hydrogen) atoms. The zero-order valence-electron chi connectivity index (χ0n) is 14.4. The van der Waals surface area contributed by atoms with E-state index in [1.807, 2.05) is 30.3 Å². The highest BCUT2D eigenvalue weighted by molar-refractivity contribution is 5.80. The average molecular weight is 355 g/mol. The van der Waals surface area contributed by atoms with Crippen molar-refractivity contribution < 1.29 is 18.4 Å². The molecule has 0 bridgehead atoms. The molecule has 1 heterocycles. The normalized spacial score (nSPS) is 11.8. The molecule has 0 radical (unpaired) electrons. The third-order valence-electron chi connectivity index (χ3n) is 3.72. The summed E-state index contributed by atoms with van der Waals surface area (Å²) in [6.45, 7) is 1.79. The topological polar surface area (TPSA) is 68.5 Å². The molecule has 2 aromatic carbocycles. The molecule has 1 unspecified atom stereocenters. The van der Waals surface area contributed by atoms with Crippen LogP contribution in [0.1, 0.15) is 12.8 Å². The second kappa shape index (κ2) is 7.77. The first kappa shape index (κ1) is 17.6. The number of rotatable bonds is 6. The van der Waals surface area contributed by atoms with Gasteiger partial charge in [-0.25, -0.2) is 4.39 Å². The molecule has 6 nitrogen and oxygen atoms in total. The molecule has 7 heteroatoms. The molecule has 0 saturated heterocycles. The van der Waals surface area contributed by atoms with Gasteiger partial charge in [-0.1, -0.05) is 35.5 Å². The fourth-order valence-electron chi connectivity index (χ4n) is 2.38. The quantitative estimate of drug-likeness (QED) is 0.679. The smallest absolute Gasteiger partial charge is 0.263 e. The number of halogens is 1. The number of benzene rings is 2. The predicted octanol–water partition coefficient (Wildman–Crippen LogP) is 3.30. The van der Waals surface area contributed by atoms with Gasteiger partial charge in [-0.2, -0.15) is 4.98 Å². The Morgan fingerprint density at radius 3 is 2.58 bits per heavy atom. The van der Waals surface area contributed by atoms with Crippen LogP contribution in [0.4, 0.5) is 4.39 Å². The van der Waals surface area contributed by atoms with E-state index in [2.05, 4.69) is 10.1 Å². The van der Waals surface area contributed by atoms with Gasteiger partial charge in [-0.15, -0.1) is 0 Å². The number of hydrogen-bond donors (Lipinski definition) is 0. The van der Waals surface area contributed by atoms with Crippen molar-refractivity contribution in [1.82, 2.24) is 15.0 Å². The van der Waals surface area contributed by atoms with Crippen molar-refractivity contribution in [3.8, 4) is 17.1 Å². The number of carbonyl (C=O) groups is 1. The standard InChI is InChI=1S/C19H18FN3O3/c1-13(25-16-10-8-15(20)9-11-16)19(24)23(2)12-17-21-18(22-26-17)14-6-4-3-5-7-14/h3-11,13H,12H2,1-2H3. The van der Waals surface area contributed by atoms with E-state index in [-0.39, 0.29) is 18.3 Å². The monoisotopic (exact) mass is 355 g/mol. The first-order chi connectivity index (χ1) is 12.5. The van der Waals surface area contributed by atoms with Crippen molar-refractivity contribution in [2.45, 2.75) is 19.6 Å². The first-order valence-electron chi connectivity index (χ1n) is 8.08. The minimum Gasteiger partial charge on any atom is -0.481 e. The SMILES string of the molecule is CC(Oc1ccc(F)cc1)C(=O)N(C)Cc1nc(-c2ccccc2)no1. The Morgan fingerprint density at radius 1 is 1.19 bits per heavy atom. The van der Waals surface area contributed by atoms with Crippen molar-refractivity contribution in [3.63, 3.8) is 0 Å². The van der Waals surface area contributed by atoms with Gasteiger partial charge in [0, 0.05) is 12.6 Å². The highest BCUT2D eigenvalue weighted by atomic mass is 19.1. The lowest BCUT2D eigenvalue weighted by Gasteiger charge is -2.20. The Labute approximate surface area is 150 Å². The van der Waals surface area contributed by atoms with Crippen LogP contribution in [0, 0.1) is 5.82 Å². The maximum atomic E-state index is 12.9. The van der Waals surface area contributed by atoms with E-state index in [0.717, 1.165) is 5.56 Å². The van der Waals surface area contributed by atoms with E-state index in [4.69, 9.17) is 9.26 Å². The zero-order valence-corrected chi connectivity index (χ0v) is 14.4. The second-order valence-electron chi connectivity index (χ2n) is 5.79. The van der Waals surface area contributed by atoms with E-state index in [0.29, 0.717) is 17.5 Å². The lowest BCUT2D eigenvalue weighted by Crippen LogP contribution is -2.37. The molecule has 0 aliphatic carbocycles. The molecule has 0 aliphatic heterocycles. The first-order valence-corrected chi connectivity index (χ1v) is 8.08. The van der Waals surface area contributed by atoms with Gasteiger partial charge in [0.2, 0.25) is 11.7 Å². The number of likely N-dealkylation sites (N-methyl/N-ethyl adjacent to an activating group) is 1. The van der Waals surface area contributed by atoms with Crippen LogP contribution in [-0.2, 0) is 11.3 Å². The summed E-state index contributed by atoms with van der Waals surface area (Å²) in [5.41, 5.74) is 0.837. The van der Waals surface area contributed by atoms with Crippen molar-refractivity contribution in [2.24, 2.45) is 0 Å². The van der Waals surface area contributed by atoms with Gasteiger partial charge in [-0.3, -0.25) is 4.79 Å². The lowest BCUT2D eigenvalue weighted by atomic mass is 10.2. The van der Waals surface area contributed by atoms with Gasteiger partial charge in [0.05, 0.1) is 6.54 Å². The molecule has 3 rings (SSSR count). The molecular weight excluding hydrogens is 337 g/mol. The van der Waals surface area contributed by atoms with E-state index in [1.54, 1.807) is 14.0 Å². The summed E-state index contributed by atoms with van der Waals surface area (Å²) in [4.78, 5) is 18.2. The van der Waals surface area contributed by atoms with Gasteiger partial charge in [-0.05, 0) is 31.2 Å². The van der Waals surface area contributed by atoms with Crippen LogP contribution in [-0.4, -0.2) is 34.1 Å². The molecule has 1 atom stereocenters. The van der Waals surface area contributed by atoms with E-state index < -0.39 is 6.10 Å². The number of aromatic nitrogens is 2. The molecule has 0 fully saturated rings. The third kappa shape index (κ3) is 4.24. The molecule has 3 aromatic rings. The van der Waals surface area contributed by atoms with E-state index in [1.165, 1.54) is 29.2 Å². The summed E-state index contributed by atoms with van der Waals surface area (Å²) in [7, 11) is 1.62. The van der Waals surface area contributed by atoms with Crippen LogP contribution in [0.5, 0.6) is 5.75 Å². The molecule has 0 N–H and O–H groups in total. The Hall–Kier alpha value is -3.22. The molecule has 134 valence electrons. The Kier molecular flexibility index (Phi) is 5.26. The zero-order chi connectivity index (χ0) is 18.5. The van der Waals surface area contributed by atoms with Crippen molar-refractivity contribution >= 4 is 5.91 Å². The summed E-state index contributed by atoms with van der Waals surface area (Å²) in [5.74, 6) is 0.600. The summed E-state index contributed by atoms with van der Waals surface area (Å²) < 4.78 is 23.7. The fourth-order valence-corrected chi connectivity index (χ4v) is 2.38. The maximum Gasteiger partial charge on any atom is 0.263 e. The van der Waals surface area contributed by atoms with Crippen LogP contribution >= 0.6 is 0 Å². The van der Waals surface area contributed by atoms with E-state index in [9.17, 15) is 9.18 Å². The largest absolute Gasteiger partial charge is 0.481 e. The molecule has 1 amide bonds. The molecule has 0 spiro atoms. The van der Waals surface area contributed by atoms with Crippen LogP contribution < -0.4 is 4.74 Å². The average Bonchev–Trinajstić information content (AvgIpc) is 3.12. The second-order valence-corrected chi connectivity index (χ2v) is 5.79. The molecular formula is C19H18FN3O3. The van der Waals surface area contributed by atoms with Gasteiger partial charge in [0.15, 0.2) is 6.10 Å². The summed E-state index contributed by atoms with van der Waals surface area (Å²) in [5, 5.41) is 3.93. The maximum absolute atomic E-state index is 12.9. The van der Waals surface area contributed by atoms with Crippen LogP contribution in [0.25, 0.3) is 11.4 Å². The van der Waals surface area contributed by atoms with Gasteiger partial charge >= 0.3 is 0 Å². The Balaban J connectivity index is 1.60. The summed E-state index contributed by atoms with van der Waals surface area (Å²) in [6.07, 6.45) is -0.734. The number of hydrogen-bond acceptors (Lipinski definition) is 5. The number of carbonyl (C=O) groups excluding carboxylic acids is 1. The summed E-state index contributed by atoms with van der Waals surface area (Å²) in [6, 6.07) is 14.9. The highest BCUT2D eigenvalue weighted by Gasteiger charge is 2.21. The Bertz CT molecular complexity index is 865. The van der Waals surface area contributed by atoms with Gasteiger partial charge in [0.1, 0.15) is 11.6 Å². The highest BCUT2D eigenvalue weighted by Crippen LogP contribution is 2.17. The minimum atomic E-state index is -0.734. The summed E-state index contributed by atoms with van der Waals surface area (Å²) >= 11 is 0. The fraction of sp³-hybridized carbons (Fsp3) is 0.211. The predicted molar refractivity (Wildman–Crippen MR) is 92.7 cm³/mol. The number of amides is 1. The van der Waals surface area contributed by atoms with E-state index >= 15 is 0 Å². The van der Waals surface area contributed by atoms with Crippen LogP contribution in [0.3, 0.4) is 0 Å². The van der Waals surface area contributed by atoms with Crippen LogP contribution in [0.15, 0.2) is 59.1 Å². The van der Waals surface area contributed by atoms with Crippen molar-refractivity contribution in [3.05, 3.63) is 66.3 Å². The van der Waals surface area contributed by atoms with Gasteiger partial charge in [0.25, 0.3) is 5.91 Å². The third-order valence-corrected chi connectivity index (χ3v) is 3.72. The Morgan fingerprint density at radius 2 is 1.88 bits per heavy atom. The van der Waals surface area contributed by atoms with Crippen LogP contribution in [0.2, 0.25) is 0 Å². The van der Waals surface area contributed by atoms with Gasteiger partial charge < -0.3 is 14.2 Å². The molecule has 0 saturated carbocycles. The molecule has 0 aliphatic rings. The van der Waals surface area contributed by atoms with Crippen molar-refractivity contribution in [1.29, 1.82) is 0 Å². The minimum absolute atomic E-state index is 0.162. The number of nitrogens with zero attached hydrogens (tertiary/aromatic N) is 3. The lowest BCUT2D eigenvalue weighted by molar-refractivity contribution is -0.137. The van der Waals surface area contributed by atoms with Crippen molar-refractivity contribution in [2.75, 3.05) is 7.05 Å². The number of ether oxygens (including phenoxy) is 1.